The first-order valence-electron chi connectivity index (χ1n) is 6.49. The van der Waals surface area contributed by atoms with Crippen LogP contribution in [0.1, 0.15) is 11.1 Å². The molecule has 0 saturated heterocycles. The molecule has 0 aliphatic rings. The van der Waals surface area contributed by atoms with Crippen LogP contribution in [0, 0.1) is 6.92 Å². The molecule has 2 aromatic carbocycles. The van der Waals surface area contributed by atoms with E-state index in [1.165, 1.54) is 0 Å². The molecule has 0 spiro atoms. The number of aryl methyl sites for hydroxylation is 1. The molecular weight excluding hydrogens is 272 g/mol. The van der Waals surface area contributed by atoms with E-state index in [-0.39, 0.29) is 10.6 Å². The number of aliphatic hydroxyl groups excluding tert-OH is 1. The third kappa shape index (κ3) is 3.92. The van der Waals surface area contributed by atoms with Crippen molar-refractivity contribution in [2.24, 2.45) is 0 Å². The predicted octanol–water partition coefficient (Wildman–Crippen LogP) is 2.37. The Morgan fingerprint density at radius 3 is 2.20 bits per heavy atom. The van der Waals surface area contributed by atoms with Crippen molar-refractivity contribution < 1.29 is 13.5 Å². The average Bonchev–Trinajstić information content (AvgIpc) is 2.39. The van der Waals surface area contributed by atoms with Crippen molar-refractivity contribution >= 4 is 9.84 Å². The minimum Gasteiger partial charge on any atom is -0.392 e. The lowest BCUT2D eigenvalue weighted by Gasteiger charge is -2.11. The van der Waals surface area contributed by atoms with Crippen LogP contribution < -0.4 is 0 Å². The zero-order valence-corrected chi connectivity index (χ0v) is 12.2. The van der Waals surface area contributed by atoms with Gasteiger partial charge in [0, 0.05) is 0 Å². The van der Waals surface area contributed by atoms with Crippen molar-refractivity contribution in [1.82, 2.24) is 0 Å². The monoisotopic (exact) mass is 290 g/mol. The lowest BCUT2D eigenvalue weighted by molar-refractivity contribution is 0.198. The number of rotatable bonds is 5. The number of benzene rings is 2. The lowest BCUT2D eigenvalue weighted by Crippen LogP contribution is -2.23. The zero-order valence-electron chi connectivity index (χ0n) is 11.4. The van der Waals surface area contributed by atoms with Crippen LogP contribution in [0.3, 0.4) is 0 Å². The Hall–Kier alpha value is -1.65. The van der Waals surface area contributed by atoms with Crippen LogP contribution in [0.15, 0.2) is 59.5 Å². The first-order valence-corrected chi connectivity index (χ1v) is 8.14. The van der Waals surface area contributed by atoms with Crippen LogP contribution in [0.4, 0.5) is 0 Å². The smallest absolute Gasteiger partial charge is 0.180 e. The first kappa shape index (κ1) is 14.8. The quantitative estimate of drug-likeness (QED) is 0.920. The van der Waals surface area contributed by atoms with Crippen LogP contribution in [-0.2, 0) is 16.3 Å². The molecule has 0 heterocycles. The summed E-state index contributed by atoms with van der Waals surface area (Å²) in [5.74, 6) is -0.259. The third-order valence-electron chi connectivity index (χ3n) is 3.11. The molecule has 0 amide bonds. The molecule has 1 atom stereocenters. The van der Waals surface area contributed by atoms with Gasteiger partial charge in [-0.25, -0.2) is 8.42 Å². The summed E-state index contributed by atoms with van der Waals surface area (Å²) in [5.41, 5.74) is 1.94. The van der Waals surface area contributed by atoms with Crippen molar-refractivity contribution in [3.63, 3.8) is 0 Å². The Kier molecular flexibility index (Phi) is 4.57. The summed E-state index contributed by atoms with van der Waals surface area (Å²) in [6.07, 6.45) is -0.560. The van der Waals surface area contributed by atoms with Gasteiger partial charge in [0.15, 0.2) is 9.84 Å². The molecule has 106 valence electrons. The first-order chi connectivity index (χ1) is 9.47. The zero-order chi connectivity index (χ0) is 14.6. The fraction of sp³-hybridized carbons (Fsp3) is 0.250. The Morgan fingerprint density at radius 2 is 1.60 bits per heavy atom. The molecule has 0 unspecified atom stereocenters. The average molecular weight is 290 g/mol. The van der Waals surface area contributed by atoms with Crippen molar-refractivity contribution in [3.8, 4) is 0 Å². The predicted molar refractivity (Wildman–Crippen MR) is 79.4 cm³/mol. The molecule has 20 heavy (non-hydrogen) atoms. The van der Waals surface area contributed by atoms with Crippen molar-refractivity contribution in [1.29, 1.82) is 0 Å². The summed E-state index contributed by atoms with van der Waals surface area (Å²) in [6, 6.07) is 16.1. The van der Waals surface area contributed by atoms with Gasteiger partial charge < -0.3 is 5.11 Å². The summed E-state index contributed by atoms with van der Waals surface area (Å²) in [7, 11) is -3.45. The molecule has 0 aliphatic carbocycles. The van der Waals surface area contributed by atoms with Gasteiger partial charge in [-0.05, 0) is 31.0 Å². The van der Waals surface area contributed by atoms with Gasteiger partial charge in [0.25, 0.3) is 0 Å². The largest absolute Gasteiger partial charge is 0.392 e. The van der Waals surface area contributed by atoms with Crippen molar-refractivity contribution in [3.05, 3.63) is 65.7 Å². The van der Waals surface area contributed by atoms with Crippen LogP contribution in [-0.4, -0.2) is 25.4 Å². The van der Waals surface area contributed by atoms with E-state index < -0.39 is 15.9 Å². The lowest BCUT2D eigenvalue weighted by atomic mass is 10.1. The maximum absolute atomic E-state index is 12.2. The molecule has 0 aromatic heterocycles. The van der Waals surface area contributed by atoms with Gasteiger partial charge in [0.1, 0.15) is 0 Å². The fourth-order valence-corrected chi connectivity index (χ4v) is 3.41. The highest BCUT2D eigenvalue weighted by atomic mass is 32.2. The van der Waals surface area contributed by atoms with Gasteiger partial charge >= 0.3 is 0 Å². The summed E-state index contributed by atoms with van der Waals surface area (Å²) in [6.45, 7) is 1.90. The minimum atomic E-state index is -3.45. The van der Waals surface area contributed by atoms with Gasteiger partial charge in [0.05, 0.1) is 16.8 Å². The highest BCUT2D eigenvalue weighted by Gasteiger charge is 2.19. The molecule has 1 N–H and O–H groups in total. The number of sulfone groups is 1. The minimum absolute atomic E-state index is 0.259. The standard InChI is InChI=1S/C16H18O3S/c1-13-7-9-16(10-8-13)20(18,19)12-15(17)11-14-5-3-2-4-6-14/h2-10,15,17H,11-12H2,1H3/t15-/m0/s1. The number of aliphatic hydroxyl groups is 1. The van der Waals surface area contributed by atoms with Crippen LogP contribution in [0.2, 0.25) is 0 Å². The van der Waals surface area contributed by atoms with Gasteiger partial charge in [-0.2, -0.15) is 0 Å². The van der Waals surface area contributed by atoms with Crippen LogP contribution in [0.25, 0.3) is 0 Å². The molecule has 0 radical (unpaired) electrons. The molecule has 2 aromatic rings. The molecule has 4 heteroatoms. The second-order valence-corrected chi connectivity index (χ2v) is 6.97. The second kappa shape index (κ2) is 6.20. The topological polar surface area (TPSA) is 54.4 Å². The Bertz CT molecular complexity index is 646. The number of hydrogen-bond acceptors (Lipinski definition) is 3. The van der Waals surface area contributed by atoms with E-state index in [1.54, 1.807) is 24.3 Å². The molecule has 3 nitrogen and oxygen atoms in total. The van der Waals surface area contributed by atoms with E-state index in [2.05, 4.69) is 0 Å². The van der Waals surface area contributed by atoms with Crippen molar-refractivity contribution in [2.45, 2.75) is 24.3 Å². The van der Waals surface area contributed by atoms with Gasteiger partial charge in [0.2, 0.25) is 0 Å². The van der Waals surface area contributed by atoms with Crippen LogP contribution in [0.5, 0.6) is 0 Å². The summed E-state index contributed by atoms with van der Waals surface area (Å²) in [5, 5.41) is 9.97. The molecule has 0 saturated carbocycles. The molecule has 0 fully saturated rings. The van der Waals surface area contributed by atoms with E-state index in [1.807, 2.05) is 37.3 Å². The van der Waals surface area contributed by atoms with E-state index in [0.717, 1.165) is 11.1 Å². The molecular formula is C16H18O3S. The maximum atomic E-state index is 12.2. The van der Waals surface area contributed by atoms with E-state index in [4.69, 9.17) is 0 Å². The summed E-state index contributed by atoms with van der Waals surface area (Å²) in [4.78, 5) is 0.259. The Morgan fingerprint density at radius 1 is 1.00 bits per heavy atom. The fourth-order valence-electron chi connectivity index (χ4n) is 2.04. The Labute approximate surface area is 119 Å². The van der Waals surface area contributed by atoms with Gasteiger partial charge in [-0.3, -0.25) is 0 Å². The van der Waals surface area contributed by atoms with Crippen LogP contribution >= 0.6 is 0 Å². The highest BCUT2D eigenvalue weighted by Crippen LogP contribution is 2.14. The normalized spacial score (nSPS) is 13.1. The molecule has 0 aliphatic heterocycles. The summed E-state index contributed by atoms with van der Waals surface area (Å²) >= 11 is 0. The van der Waals surface area contributed by atoms with E-state index in [9.17, 15) is 13.5 Å². The van der Waals surface area contributed by atoms with Gasteiger partial charge in [-0.15, -0.1) is 0 Å². The van der Waals surface area contributed by atoms with E-state index >= 15 is 0 Å². The van der Waals surface area contributed by atoms with Crippen molar-refractivity contribution in [2.75, 3.05) is 5.75 Å². The summed E-state index contributed by atoms with van der Waals surface area (Å²) < 4.78 is 24.4. The number of hydrogen-bond donors (Lipinski definition) is 1. The SMILES string of the molecule is Cc1ccc(S(=O)(=O)C[C@@H](O)Cc2ccccc2)cc1. The third-order valence-corrected chi connectivity index (χ3v) is 4.92. The second-order valence-electron chi connectivity index (χ2n) is 4.94. The molecule has 0 bridgehead atoms. The molecule has 2 rings (SSSR count). The maximum Gasteiger partial charge on any atom is 0.180 e. The van der Waals surface area contributed by atoms with Gasteiger partial charge in [-0.1, -0.05) is 48.0 Å². The van der Waals surface area contributed by atoms with E-state index in [0.29, 0.717) is 6.42 Å². The highest BCUT2D eigenvalue weighted by molar-refractivity contribution is 7.91. The Balaban J connectivity index is 2.06.